The van der Waals surface area contributed by atoms with Crippen LogP contribution in [0.3, 0.4) is 0 Å². The van der Waals surface area contributed by atoms with E-state index >= 15 is 0 Å². The zero-order valence-corrected chi connectivity index (χ0v) is 11.2. The number of rotatable bonds is 5. The number of ether oxygens (including phenoxy) is 2. The number of pyridine rings is 1. The molecule has 2 aromatic rings. The molecule has 1 heterocycles. The third-order valence-electron chi connectivity index (χ3n) is 2.77. The molecule has 2 N–H and O–H groups in total. The molecule has 0 aliphatic heterocycles. The van der Waals surface area contributed by atoms with Gasteiger partial charge in [-0.1, -0.05) is 12.1 Å². The van der Waals surface area contributed by atoms with Gasteiger partial charge in [0, 0.05) is 12.7 Å². The van der Waals surface area contributed by atoms with Crippen molar-refractivity contribution in [2.75, 3.05) is 7.11 Å². The fraction of sp³-hybridized carbons (Fsp3) is 0.200. The van der Waals surface area contributed by atoms with E-state index < -0.39 is 5.97 Å². The third kappa shape index (κ3) is 3.55. The predicted octanol–water partition coefficient (Wildman–Crippen LogP) is 1.91. The normalized spacial score (nSPS) is 10.1. The van der Waals surface area contributed by atoms with Crippen LogP contribution in [0.15, 0.2) is 42.6 Å². The Morgan fingerprint density at radius 3 is 2.90 bits per heavy atom. The lowest BCUT2D eigenvalue weighted by atomic mass is 10.2. The summed E-state index contributed by atoms with van der Waals surface area (Å²) < 4.78 is 10.4. The van der Waals surface area contributed by atoms with Gasteiger partial charge in [0.1, 0.15) is 12.4 Å². The average Bonchev–Trinajstić information content (AvgIpc) is 2.52. The SMILES string of the molecule is COc1cccc(COC(=O)c2ccnc(CN)c2)c1. The molecule has 0 amide bonds. The van der Waals surface area contributed by atoms with E-state index in [1.54, 1.807) is 25.4 Å². The van der Waals surface area contributed by atoms with Gasteiger partial charge in [0.25, 0.3) is 0 Å². The maximum absolute atomic E-state index is 11.9. The Labute approximate surface area is 117 Å². The van der Waals surface area contributed by atoms with Crippen molar-refractivity contribution >= 4 is 5.97 Å². The largest absolute Gasteiger partial charge is 0.497 e. The summed E-state index contributed by atoms with van der Waals surface area (Å²) in [5.74, 6) is 0.331. The minimum atomic E-state index is -0.398. The molecule has 20 heavy (non-hydrogen) atoms. The molecule has 0 saturated heterocycles. The van der Waals surface area contributed by atoms with Crippen LogP contribution in [-0.2, 0) is 17.9 Å². The summed E-state index contributed by atoms with van der Waals surface area (Å²) in [6.45, 7) is 0.479. The maximum Gasteiger partial charge on any atom is 0.338 e. The van der Waals surface area contributed by atoms with Crippen molar-refractivity contribution < 1.29 is 14.3 Å². The molecule has 2 rings (SSSR count). The van der Waals surface area contributed by atoms with E-state index in [1.807, 2.05) is 24.3 Å². The van der Waals surface area contributed by atoms with Crippen molar-refractivity contribution in [3.63, 3.8) is 0 Å². The molecule has 5 nitrogen and oxygen atoms in total. The fourth-order valence-electron chi connectivity index (χ4n) is 1.71. The van der Waals surface area contributed by atoms with Gasteiger partial charge in [0.05, 0.1) is 18.4 Å². The maximum atomic E-state index is 11.9. The number of nitrogens with zero attached hydrogens (tertiary/aromatic N) is 1. The molecule has 0 aliphatic rings. The Balaban J connectivity index is 2.00. The van der Waals surface area contributed by atoms with Gasteiger partial charge in [0.15, 0.2) is 0 Å². The lowest BCUT2D eigenvalue weighted by Crippen LogP contribution is -2.08. The lowest BCUT2D eigenvalue weighted by molar-refractivity contribution is 0.0472. The number of aromatic nitrogens is 1. The molecule has 0 fully saturated rings. The first-order valence-electron chi connectivity index (χ1n) is 6.18. The lowest BCUT2D eigenvalue weighted by Gasteiger charge is -2.07. The highest BCUT2D eigenvalue weighted by Gasteiger charge is 2.08. The number of hydrogen-bond donors (Lipinski definition) is 1. The molecule has 0 unspecified atom stereocenters. The zero-order valence-electron chi connectivity index (χ0n) is 11.2. The smallest absolute Gasteiger partial charge is 0.338 e. The Morgan fingerprint density at radius 2 is 2.15 bits per heavy atom. The number of methoxy groups -OCH3 is 1. The first-order chi connectivity index (χ1) is 9.72. The van der Waals surface area contributed by atoms with Crippen LogP contribution < -0.4 is 10.5 Å². The summed E-state index contributed by atoms with van der Waals surface area (Å²) >= 11 is 0. The highest BCUT2D eigenvalue weighted by molar-refractivity contribution is 5.89. The van der Waals surface area contributed by atoms with E-state index in [1.165, 1.54) is 0 Å². The molecule has 0 atom stereocenters. The summed E-state index contributed by atoms with van der Waals surface area (Å²) in [6.07, 6.45) is 1.55. The minimum absolute atomic E-state index is 0.191. The van der Waals surface area contributed by atoms with Crippen molar-refractivity contribution in [3.05, 3.63) is 59.4 Å². The summed E-state index contributed by atoms with van der Waals surface area (Å²) in [5.41, 5.74) is 7.45. The van der Waals surface area contributed by atoms with E-state index in [4.69, 9.17) is 15.2 Å². The zero-order chi connectivity index (χ0) is 14.4. The van der Waals surface area contributed by atoms with E-state index in [9.17, 15) is 4.79 Å². The number of carbonyl (C=O) groups excluding carboxylic acids is 1. The van der Waals surface area contributed by atoms with Gasteiger partial charge in [-0.2, -0.15) is 0 Å². The topological polar surface area (TPSA) is 74.4 Å². The number of benzene rings is 1. The molecule has 1 aromatic carbocycles. The second-order valence-corrected chi connectivity index (χ2v) is 4.17. The Morgan fingerprint density at radius 1 is 1.30 bits per heavy atom. The number of hydrogen-bond acceptors (Lipinski definition) is 5. The Hall–Kier alpha value is -2.40. The second kappa shape index (κ2) is 6.68. The number of carbonyl (C=O) groups is 1. The third-order valence-corrected chi connectivity index (χ3v) is 2.77. The van der Waals surface area contributed by atoms with Crippen LogP contribution in [-0.4, -0.2) is 18.1 Å². The van der Waals surface area contributed by atoms with Crippen LogP contribution in [0.1, 0.15) is 21.6 Å². The molecule has 0 saturated carbocycles. The molecule has 5 heteroatoms. The van der Waals surface area contributed by atoms with Crippen molar-refractivity contribution in [1.82, 2.24) is 4.98 Å². The summed E-state index contributed by atoms with van der Waals surface area (Å²) in [5, 5.41) is 0. The van der Waals surface area contributed by atoms with Crippen molar-refractivity contribution in [2.24, 2.45) is 5.73 Å². The van der Waals surface area contributed by atoms with Gasteiger partial charge >= 0.3 is 5.97 Å². The summed E-state index contributed by atoms with van der Waals surface area (Å²) in [7, 11) is 1.59. The summed E-state index contributed by atoms with van der Waals surface area (Å²) in [6, 6.07) is 10.6. The molecular formula is C15H16N2O3. The number of nitrogens with two attached hydrogens (primary N) is 1. The van der Waals surface area contributed by atoms with Gasteiger partial charge in [-0.05, 0) is 29.8 Å². The van der Waals surface area contributed by atoms with Crippen LogP contribution >= 0.6 is 0 Å². The molecule has 1 aromatic heterocycles. The molecule has 0 aliphatic carbocycles. The van der Waals surface area contributed by atoms with Gasteiger partial charge in [-0.25, -0.2) is 4.79 Å². The van der Waals surface area contributed by atoms with E-state index in [0.29, 0.717) is 11.3 Å². The van der Waals surface area contributed by atoms with Crippen LogP contribution in [0.5, 0.6) is 5.75 Å². The molecule has 0 spiro atoms. The quantitative estimate of drug-likeness (QED) is 0.841. The second-order valence-electron chi connectivity index (χ2n) is 4.17. The van der Waals surface area contributed by atoms with Crippen molar-refractivity contribution in [2.45, 2.75) is 13.2 Å². The number of esters is 1. The average molecular weight is 272 g/mol. The van der Waals surface area contributed by atoms with E-state index in [0.717, 1.165) is 11.3 Å². The summed E-state index contributed by atoms with van der Waals surface area (Å²) in [4.78, 5) is 16.0. The molecule has 0 radical (unpaired) electrons. The van der Waals surface area contributed by atoms with Crippen LogP contribution in [0.25, 0.3) is 0 Å². The van der Waals surface area contributed by atoms with Crippen LogP contribution in [0, 0.1) is 0 Å². The Bertz CT molecular complexity index is 599. The predicted molar refractivity (Wildman–Crippen MR) is 74.2 cm³/mol. The van der Waals surface area contributed by atoms with Crippen LogP contribution in [0.2, 0.25) is 0 Å². The Kier molecular flexibility index (Phi) is 4.68. The van der Waals surface area contributed by atoms with Gasteiger partial charge in [-0.15, -0.1) is 0 Å². The minimum Gasteiger partial charge on any atom is -0.497 e. The van der Waals surface area contributed by atoms with Crippen molar-refractivity contribution in [1.29, 1.82) is 0 Å². The van der Waals surface area contributed by atoms with Crippen LogP contribution in [0.4, 0.5) is 0 Å². The van der Waals surface area contributed by atoms with E-state index in [2.05, 4.69) is 4.98 Å². The highest BCUT2D eigenvalue weighted by Crippen LogP contribution is 2.14. The van der Waals surface area contributed by atoms with Crippen molar-refractivity contribution in [3.8, 4) is 5.75 Å². The molecule has 104 valence electrons. The molecule has 0 bridgehead atoms. The highest BCUT2D eigenvalue weighted by atomic mass is 16.5. The molecular weight excluding hydrogens is 256 g/mol. The first-order valence-corrected chi connectivity index (χ1v) is 6.18. The standard InChI is InChI=1S/C15H16N2O3/c1-19-14-4-2-3-11(7-14)10-20-15(18)12-5-6-17-13(8-12)9-16/h2-8H,9-10,16H2,1H3. The van der Waals surface area contributed by atoms with Gasteiger partial charge in [-0.3, -0.25) is 4.98 Å². The van der Waals surface area contributed by atoms with Gasteiger partial charge < -0.3 is 15.2 Å². The monoisotopic (exact) mass is 272 g/mol. The first kappa shape index (κ1) is 14.0. The van der Waals surface area contributed by atoms with Gasteiger partial charge in [0.2, 0.25) is 0 Å². The fourth-order valence-corrected chi connectivity index (χ4v) is 1.71. The van der Waals surface area contributed by atoms with E-state index in [-0.39, 0.29) is 13.2 Å².